The van der Waals surface area contributed by atoms with E-state index in [0.717, 1.165) is 13.1 Å². The van der Waals surface area contributed by atoms with E-state index < -0.39 is 0 Å². The lowest BCUT2D eigenvalue weighted by atomic mass is 10.1. The first kappa shape index (κ1) is 13.6. The number of aromatic nitrogens is 1. The van der Waals surface area contributed by atoms with E-state index in [4.69, 9.17) is 0 Å². The molecule has 0 radical (unpaired) electrons. The molecule has 0 spiro atoms. The minimum atomic E-state index is 0.835. The van der Waals surface area contributed by atoms with Crippen molar-refractivity contribution in [2.24, 2.45) is 0 Å². The van der Waals surface area contributed by atoms with Gasteiger partial charge in [-0.3, -0.25) is 4.98 Å². The van der Waals surface area contributed by atoms with Gasteiger partial charge >= 0.3 is 0 Å². The van der Waals surface area contributed by atoms with E-state index in [1.54, 1.807) is 0 Å². The number of nitrogens with zero attached hydrogens (tertiary/aromatic N) is 2. The molecule has 0 saturated carbocycles. The predicted molar refractivity (Wildman–Crippen MR) is 80.3 cm³/mol. The van der Waals surface area contributed by atoms with Crippen LogP contribution in [0.3, 0.4) is 0 Å². The summed E-state index contributed by atoms with van der Waals surface area (Å²) < 4.78 is 0. The van der Waals surface area contributed by atoms with Gasteiger partial charge in [0.25, 0.3) is 0 Å². The number of pyridine rings is 1. The quantitative estimate of drug-likeness (QED) is 0.890. The number of benzene rings is 1. The smallest absolute Gasteiger partial charge is 0.0443 e. The van der Waals surface area contributed by atoms with Gasteiger partial charge in [0.15, 0.2) is 0 Å². The van der Waals surface area contributed by atoms with Crippen molar-refractivity contribution in [2.45, 2.75) is 20.0 Å². The van der Waals surface area contributed by atoms with E-state index in [9.17, 15) is 0 Å². The van der Waals surface area contributed by atoms with Crippen molar-refractivity contribution in [3.63, 3.8) is 0 Å². The fourth-order valence-electron chi connectivity index (χ4n) is 2.29. The summed E-state index contributed by atoms with van der Waals surface area (Å²) in [6.45, 7) is 3.87. The molecule has 0 amide bonds. The van der Waals surface area contributed by atoms with Crippen molar-refractivity contribution >= 4 is 5.69 Å². The Hall–Kier alpha value is -1.87. The molecule has 1 N–H and O–H groups in total. The minimum Gasteiger partial charge on any atom is -0.370 e. The van der Waals surface area contributed by atoms with Crippen LogP contribution in [0.25, 0.3) is 0 Å². The third-order valence-corrected chi connectivity index (χ3v) is 3.16. The Morgan fingerprint density at radius 3 is 2.84 bits per heavy atom. The van der Waals surface area contributed by atoms with Gasteiger partial charge in [0.1, 0.15) is 0 Å². The largest absolute Gasteiger partial charge is 0.370 e. The lowest BCUT2D eigenvalue weighted by molar-refractivity contribution is 0.800. The molecule has 2 aromatic rings. The second-order valence-electron chi connectivity index (χ2n) is 4.88. The van der Waals surface area contributed by atoms with Crippen LogP contribution in [0.5, 0.6) is 0 Å². The second-order valence-corrected chi connectivity index (χ2v) is 4.88. The number of rotatable bonds is 5. The number of hydrogen-bond acceptors (Lipinski definition) is 3. The van der Waals surface area contributed by atoms with E-state index in [1.807, 2.05) is 19.4 Å². The normalized spacial score (nSPS) is 10.5. The van der Waals surface area contributed by atoms with E-state index in [-0.39, 0.29) is 0 Å². The Bertz CT molecular complexity index is 537. The summed E-state index contributed by atoms with van der Waals surface area (Å²) in [5.74, 6) is 0. The highest BCUT2D eigenvalue weighted by molar-refractivity contribution is 5.52. The maximum Gasteiger partial charge on any atom is 0.0443 e. The molecular formula is C16H21N3. The van der Waals surface area contributed by atoms with Gasteiger partial charge < -0.3 is 10.2 Å². The molecule has 0 aliphatic rings. The molecule has 0 saturated heterocycles. The number of aryl methyl sites for hydroxylation is 1. The Morgan fingerprint density at radius 2 is 2.11 bits per heavy atom. The first-order valence-electron chi connectivity index (χ1n) is 6.55. The van der Waals surface area contributed by atoms with Gasteiger partial charge in [-0.2, -0.15) is 0 Å². The van der Waals surface area contributed by atoms with Crippen LogP contribution in [0.2, 0.25) is 0 Å². The van der Waals surface area contributed by atoms with Crippen LogP contribution >= 0.6 is 0 Å². The number of nitrogens with one attached hydrogen (secondary N) is 1. The van der Waals surface area contributed by atoms with Gasteiger partial charge in [-0.15, -0.1) is 0 Å². The van der Waals surface area contributed by atoms with Crippen LogP contribution in [0.15, 0.2) is 42.7 Å². The van der Waals surface area contributed by atoms with Crippen molar-refractivity contribution in [2.75, 3.05) is 19.0 Å². The van der Waals surface area contributed by atoms with Crippen molar-refractivity contribution in [3.05, 3.63) is 59.4 Å². The summed E-state index contributed by atoms with van der Waals surface area (Å²) in [7, 11) is 4.08. The monoisotopic (exact) mass is 255 g/mol. The van der Waals surface area contributed by atoms with Crippen LogP contribution in [0, 0.1) is 6.92 Å². The zero-order valence-electron chi connectivity index (χ0n) is 11.9. The van der Waals surface area contributed by atoms with Crippen molar-refractivity contribution in [1.29, 1.82) is 0 Å². The molecule has 0 unspecified atom stereocenters. The van der Waals surface area contributed by atoms with Gasteiger partial charge in [0, 0.05) is 43.8 Å². The molecule has 2 rings (SSSR count). The van der Waals surface area contributed by atoms with Crippen LogP contribution in [0.1, 0.15) is 16.7 Å². The van der Waals surface area contributed by atoms with Crippen molar-refractivity contribution < 1.29 is 0 Å². The average Bonchev–Trinajstić information content (AvgIpc) is 2.39. The van der Waals surface area contributed by atoms with E-state index in [1.165, 1.54) is 22.4 Å². The average molecular weight is 255 g/mol. The maximum atomic E-state index is 4.20. The van der Waals surface area contributed by atoms with Crippen LogP contribution in [0.4, 0.5) is 5.69 Å². The molecule has 3 nitrogen and oxygen atoms in total. The third kappa shape index (κ3) is 3.55. The predicted octanol–water partition coefficient (Wildman–Crippen LogP) is 2.75. The molecule has 1 aromatic carbocycles. The molecule has 0 atom stereocenters. The van der Waals surface area contributed by atoms with Crippen molar-refractivity contribution in [1.82, 2.24) is 10.3 Å². The molecule has 0 aliphatic carbocycles. The second kappa shape index (κ2) is 6.34. The molecule has 1 heterocycles. The first-order valence-corrected chi connectivity index (χ1v) is 6.55. The fourth-order valence-corrected chi connectivity index (χ4v) is 2.29. The highest BCUT2D eigenvalue weighted by Gasteiger charge is 2.07. The summed E-state index contributed by atoms with van der Waals surface area (Å²) in [4.78, 5) is 6.47. The van der Waals surface area contributed by atoms with Crippen LogP contribution in [-0.4, -0.2) is 19.1 Å². The van der Waals surface area contributed by atoms with Crippen molar-refractivity contribution in [3.8, 4) is 0 Å². The lowest BCUT2D eigenvalue weighted by Crippen LogP contribution is -2.19. The molecule has 0 bridgehead atoms. The molecular weight excluding hydrogens is 234 g/mol. The number of anilines is 1. The Labute approximate surface area is 115 Å². The highest BCUT2D eigenvalue weighted by Crippen LogP contribution is 2.20. The van der Waals surface area contributed by atoms with Gasteiger partial charge in [0.05, 0.1) is 0 Å². The summed E-state index contributed by atoms with van der Waals surface area (Å²) >= 11 is 0. The summed E-state index contributed by atoms with van der Waals surface area (Å²) in [5, 5.41) is 3.19. The molecule has 19 heavy (non-hydrogen) atoms. The summed E-state index contributed by atoms with van der Waals surface area (Å²) in [5.41, 5.74) is 5.08. The van der Waals surface area contributed by atoms with Gasteiger partial charge in [-0.1, -0.05) is 29.8 Å². The first-order chi connectivity index (χ1) is 9.20. The highest BCUT2D eigenvalue weighted by atomic mass is 15.1. The molecule has 100 valence electrons. The molecule has 0 aliphatic heterocycles. The topological polar surface area (TPSA) is 28.2 Å². The number of hydrogen-bond donors (Lipinski definition) is 1. The zero-order valence-corrected chi connectivity index (χ0v) is 11.9. The third-order valence-electron chi connectivity index (χ3n) is 3.16. The minimum absolute atomic E-state index is 0.835. The molecule has 1 aromatic heterocycles. The Balaban J connectivity index is 2.17. The fraction of sp³-hybridized carbons (Fsp3) is 0.312. The molecule has 0 fully saturated rings. The zero-order chi connectivity index (χ0) is 13.7. The summed E-state index contributed by atoms with van der Waals surface area (Å²) in [6, 6.07) is 10.7. The molecule has 3 heteroatoms. The SMILES string of the molecule is CNCc1cnccc1N(C)Cc1cccc(C)c1. The van der Waals surface area contributed by atoms with E-state index >= 15 is 0 Å². The lowest BCUT2D eigenvalue weighted by Gasteiger charge is -2.22. The Kier molecular flexibility index (Phi) is 4.53. The van der Waals surface area contributed by atoms with E-state index in [0.29, 0.717) is 0 Å². The maximum absolute atomic E-state index is 4.20. The summed E-state index contributed by atoms with van der Waals surface area (Å²) in [6.07, 6.45) is 3.78. The van der Waals surface area contributed by atoms with E-state index in [2.05, 4.69) is 59.5 Å². The van der Waals surface area contributed by atoms with Crippen LogP contribution < -0.4 is 10.2 Å². The van der Waals surface area contributed by atoms with Gasteiger partial charge in [0.2, 0.25) is 0 Å². The standard InChI is InChI=1S/C16H21N3/c1-13-5-4-6-14(9-13)12-19(3)16-7-8-18-11-15(16)10-17-2/h4-9,11,17H,10,12H2,1-3H3. The van der Waals surface area contributed by atoms with Gasteiger partial charge in [-0.25, -0.2) is 0 Å². The van der Waals surface area contributed by atoms with Gasteiger partial charge in [-0.05, 0) is 25.6 Å². The Morgan fingerprint density at radius 1 is 1.26 bits per heavy atom. The van der Waals surface area contributed by atoms with Crippen LogP contribution in [-0.2, 0) is 13.1 Å².